The van der Waals surface area contributed by atoms with Crippen LogP contribution in [0.2, 0.25) is 0 Å². The summed E-state index contributed by atoms with van der Waals surface area (Å²) in [4.78, 5) is 13.3. The first-order chi connectivity index (χ1) is 8.11. The van der Waals surface area contributed by atoms with Crippen LogP contribution in [0.5, 0.6) is 0 Å². The van der Waals surface area contributed by atoms with Gasteiger partial charge in [-0.15, -0.1) is 0 Å². The van der Waals surface area contributed by atoms with Crippen molar-refractivity contribution in [2.75, 3.05) is 19.7 Å². The van der Waals surface area contributed by atoms with E-state index in [-0.39, 0.29) is 6.09 Å². The zero-order valence-corrected chi connectivity index (χ0v) is 12.4. The number of nitrogens with zero attached hydrogens (tertiary/aromatic N) is 1. The van der Waals surface area contributed by atoms with Gasteiger partial charge < -0.3 is 9.64 Å². The van der Waals surface area contributed by atoms with Crippen molar-refractivity contribution in [2.45, 2.75) is 54.4 Å². The summed E-state index contributed by atoms with van der Waals surface area (Å²) in [5.74, 6) is 0. The molecule has 0 fully saturated rings. The minimum Gasteiger partial charge on any atom is -0.449 e. The van der Waals surface area contributed by atoms with Crippen LogP contribution in [0.3, 0.4) is 0 Å². The van der Waals surface area contributed by atoms with Gasteiger partial charge in [0.15, 0.2) is 0 Å². The molecule has 0 unspecified atom stereocenters. The lowest BCUT2D eigenvalue weighted by molar-refractivity contribution is 0.106. The predicted octanol–water partition coefficient (Wildman–Crippen LogP) is 4.24. The molecular weight excluding hydrogens is 214 g/mol. The fourth-order valence-corrected chi connectivity index (χ4v) is 1.10. The molecule has 0 aromatic rings. The van der Waals surface area contributed by atoms with Gasteiger partial charge in [0.1, 0.15) is 0 Å². The molecule has 0 radical (unpaired) electrons. The topological polar surface area (TPSA) is 29.5 Å². The monoisotopic (exact) mass is 243 g/mol. The molecule has 102 valence electrons. The summed E-state index contributed by atoms with van der Waals surface area (Å²) in [6.07, 6.45) is 3.67. The van der Waals surface area contributed by atoms with Crippen molar-refractivity contribution in [1.82, 2.24) is 4.90 Å². The van der Waals surface area contributed by atoms with Crippen LogP contribution in [-0.4, -0.2) is 30.7 Å². The second-order valence-corrected chi connectivity index (χ2v) is 3.84. The molecule has 0 aliphatic carbocycles. The lowest BCUT2D eigenvalue weighted by Gasteiger charge is -2.19. The van der Waals surface area contributed by atoms with E-state index in [0.717, 1.165) is 19.4 Å². The average molecular weight is 243 g/mol. The van der Waals surface area contributed by atoms with E-state index in [1.165, 1.54) is 5.57 Å². The molecule has 17 heavy (non-hydrogen) atoms. The fourth-order valence-electron chi connectivity index (χ4n) is 1.10. The lowest BCUT2D eigenvalue weighted by atomic mass is 10.3. The van der Waals surface area contributed by atoms with Gasteiger partial charge in [-0.25, -0.2) is 4.79 Å². The highest BCUT2D eigenvalue weighted by Gasteiger charge is 2.11. The molecule has 0 aromatic carbocycles. The molecule has 0 heterocycles. The molecule has 0 N–H and O–H groups in total. The van der Waals surface area contributed by atoms with Crippen LogP contribution in [0.25, 0.3) is 0 Å². The van der Waals surface area contributed by atoms with Gasteiger partial charge in [0.2, 0.25) is 0 Å². The SMILES string of the molecule is CC.CCCOC(=O)N(CC=C(C)C)CCC. The van der Waals surface area contributed by atoms with Gasteiger partial charge in [-0.1, -0.05) is 39.3 Å². The number of hydrogen-bond acceptors (Lipinski definition) is 2. The van der Waals surface area contributed by atoms with Crippen LogP contribution in [-0.2, 0) is 4.74 Å². The normalized spacial score (nSPS) is 8.82. The van der Waals surface area contributed by atoms with Crippen LogP contribution in [0, 0.1) is 0 Å². The molecule has 1 amide bonds. The van der Waals surface area contributed by atoms with Crippen molar-refractivity contribution in [1.29, 1.82) is 0 Å². The first-order valence-corrected chi connectivity index (χ1v) is 6.66. The lowest BCUT2D eigenvalue weighted by Crippen LogP contribution is -2.32. The smallest absolute Gasteiger partial charge is 0.410 e. The second kappa shape index (κ2) is 13.1. The molecule has 3 heteroatoms. The third kappa shape index (κ3) is 11.3. The Morgan fingerprint density at radius 2 is 1.76 bits per heavy atom. The number of allylic oxidation sites excluding steroid dienone is 1. The molecule has 0 bridgehead atoms. The molecule has 0 aliphatic heterocycles. The van der Waals surface area contributed by atoms with Gasteiger partial charge in [0, 0.05) is 13.1 Å². The molecule has 0 aromatic heterocycles. The van der Waals surface area contributed by atoms with Crippen LogP contribution in [0.1, 0.15) is 54.4 Å². The van der Waals surface area contributed by atoms with Gasteiger partial charge in [-0.05, 0) is 26.7 Å². The minimum atomic E-state index is -0.198. The Hall–Kier alpha value is -0.990. The zero-order valence-electron chi connectivity index (χ0n) is 12.4. The summed E-state index contributed by atoms with van der Waals surface area (Å²) in [5.41, 5.74) is 1.22. The quantitative estimate of drug-likeness (QED) is 0.653. The molecule has 0 atom stereocenters. The largest absolute Gasteiger partial charge is 0.449 e. The maximum atomic E-state index is 11.6. The van der Waals surface area contributed by atoms with Crippen molar-refractivity contribution in [3.05, 3.63) is 11.6 Å². The van der Waals surface area contributed by atoms with Crippen molar-refractivity contribution in [2.24, 2.45) is 0 Å². The van der Waals surface area contributed by atoms with Gasteiger partial charge >= 0.3 is 6.09 Å². The highest BCUT2D eigenvalue weighted by molar-refractivity contribution is 5.67. The standard InChI is InChI=1S/C12H23NO2.C2H6/c1-5-8-13(9-7-11(3)4)12(14)15-10-6-2;1-2/h7H,5-6,8-10H2,1-4H3;1-2H3. The fraction of sp³-hybridized carbons (Fsp3) is 0.786. The Morgan fingerprint density at radius 1 is 1.18 bits per heavy atom. The molecule has 0 spiro atoms. The zero-order chi connectivity index (χ0) is 13.7. The van der Waals surface area contributed by atoms with Crippen LogP contribution in [0.15, 0.2) is 11.6 Å². The summed E-state index contributed by atoms with van der Waals surface area (Å²) in [5, 5.41) is 0. The molecule has 0 saturated heterocycles. The third-order valence-corrected chi connectivity index (χ3v) is 1.90. The summed E-state index contributed by atoms with van der Waals surface area (Å²) < 4.78 is 5.10. The number of amides is 1. The first kappa shape index (κ1) is 18.4. The second-order valence-electron chi connectivity index (χ2n) is 3.84. The van der Waals surface area contributed by atoms with Crippen molar-refractivity contribution >= 4 is 6.09 Å². The number of ether oxygens (including phenoxy) is 1. The van der Waals surface area contributed by atoms with Gasteiger partial charge in [-0.3, -0.25) is 0 Å². The van der Waals surface area contributed by atoms with Gasteiger partial charge in [0.05, 0.1) is 6.61 Å². The Bertz CT molecular complexity index is 208. The van der Waals surface area contributed by atoms with E-state index in [2.05, 4.69) is 6.92 Å². The molecule has 0 aliphatic rings. The van der Waals surface area contributed by atoms with Gasteiger partial charge in [-0.2, -0.15) is 0 Å². The number of rotatable bonds is 6. The maximum Gasteiger partial charge on any atom is 0.410 e. The van der Waals surface area contributed by atoms with E-state index in [0.29, 0.717) is 13.2 Å². The molecular formula is C14H29NO2. The molecule has 0 rings (SSSR count). The number of carbonyl (C=O) groups is 1. The average Bonchev–Trinajstić information content (AvgIpc) is 2.33. The molecule has 0 saturated carbocycles. The Morgan fingerprint density at radius 3 is 2.18 bits per heavy atom. The van der Waals surface area contributed by atoms with E-state index < -0.39 is 0 Å². The molecule has 3 nitrogen and oxygen atoms in total. The first-order valence-electron chi connectivity index (χ1n) is 6.66. The Labute approximate surface area is 107 Å². The van der Waals surface area contributed by atoms with E-state index in [1.54, 1.807) is 4.90 Å². The number of hydrogen-bond donors (Lipinski definition) is 0. The highest BCUT2D eigenvalue weighted by Crippen LogP contribution is 1.99. The summed E-state index contributed by atoms with van der Waals surface area (Å²) in [7, 11) is 0. The minimum absolute atomic E-state index is 0.198. The van der Waals surface area contributed by atoms with Crippen molar-refractivity contribution in [3.63, 3.8) is 0 Å². The van der Waals surface area contributed by atoms with E-state index in [4.69, 9.17) is 4.74 Å². The summed E-state index contributed by atoms with van der Waals surface area (Å²) in [6.45, 7) is 14.0. The Kier molecular flexibility index (Phi) is 14.1. The van der Waals surface area contributed by atoms with E-state index in [9.17, 15) is 4.79 Å². The van der Waals surface area contributed by atoms with Crippen LogP contribution < -0.4 is 0 Å². The van der Waals surface area contributed by atoms with E-state index >= 15 is 0 Å². The number of carbonyl (C=O) groups excluding carboxylic acids is 1. The highest BCUT2D eigenvalue weighted by atomic mass is 16.6. The summed E-state index contributed by atoms with van der Waals surface area (Å²) in [6, 6.07) is 0. The third-order valence-electron chi connectivity index (χ3n) is 1.90. The summed E-state index contributed by atoms with van der Waals surface area (Å²) >= 11 is 0. The van der Waals surface area contributed by atoms with Gasteiger partial charge in [0.25, 0.3) is 0 Å². The predicted molar refractivity (Wildman–Crippen MR) is 74.3 cm³/mol. The van der Waals surface area contributed by atoms with Crippen molar-refractivity contribution in [3.8, 4) is 0 Å². The Balaban J connectivity index is 0. The van der Waals surface area contributed by atoms with Crippen molar-refractivity contribution < 1.29 is 9.53 Å². The maximum absolute atomic E-state index is 11.6. The van der Waals surface area contributed by atoms with Crippen LogP contribution in [0.4, 0.5) is 4.79 Å². The van der Waals surface area contributed by atoms with E-state index in [1.807, 2.05) is 40.7 Å². The van der Waals surface area contributed by atoms with Crippen LogP contribution >= 0.6 is 0 Å².